The zero-order valence-corrected chi connectivity index (χ0v) is 10.9. The zero-order valence-electron chi connectivity index (χ0n) is 10.9. The average Bonchev–Trinajstić information content (AvgIpc) is 2.26. The summed E-state index contributed by atoms with van der Waals surface area (Å²) in [7, 11) is 0. The third-order valence-corrected chi connectivity index (χ3v) is 2.85. The monoisotopic (exact) mass is 230 g/mol. The molecular formula is C13H26O3. The van der Waals surface area contributed by atoms with Gasteiger partial charge in [0.05, 0.1) is 18.6 Å². The summed E-state index contributed by atoms with van der Waals surface area (Å²) in [6.07, 6.45) is 5.32. The van der Waals surface area contributed by atoms with Gasteiger partial charge in [-0.25, -0.2) is 0 Å². The highest BCUT2D eigenvalue weighted by molar-refractivity contribution is 5.73. The second-order valence-corrected chi connectivity index (χ2v) is 4.18. The molecule has 0 aliphatic rings. The highest BCUT2D eigenvalue weighted by atomic mass is 16.5. The SMILES string of the molecule is CCCCCCC(O)C(CC)C(=O)OCC. The molecule has 0 radical (unpaired) electrons. The van der Waals surface area contributed by atoms with Crippen LogP contribution in [-0.2, 0) is 9.53 Å². The van der Waals surface area contributed by atoms with Gasteiger partial charge in [0.1, 0.15) is 0 Å². The Labute approximate surface area is 99.2 Å². The van der Waals surface area contributed by atoms with Crippen LogP contribution in [0.4, 0.5) is 0 Å². The number of hydrogen-bond acceptors (Lipinski definition) is 3. The number of aliphatic hydroxyl groups excluding tert-OH is 1. The van der Waals surface area contributed by atoms with Crippen molar-refractivity contribution in [1.29, 1.82) is 0 Å². The molecule has 3 nitrogen and oxygen atoms in total. The van der Waals surface area contributed by atoms with Gasteiger partial charge in [0.25, 0.3) is 0 Å². The first kappa shape index (κ1) is 15.4. The summed E-state index contributed by atoms with van der Waals surface area (Å²) in [6, 6.07) is 0. The molecule has 3 heteroatoms. The zero-order chi connectivity index (χ0) is 12.4. The molecule has 0 aromatic rings. The van der Waals surface area contributed by atoms with Gasteiger partial charge in [-0.1, -0.05) is 39.5 Å². The minimum Gasteiger partial charge on any atom is -0.466 e. The Kier molecular flexibility index (Phi) is 9.30. The summed E-state index contributed by atoms with van der Waals surface area (Å²) >= 11 is 0. The lowest BCUT2D eigenvalue weighted by atomic mass is 9.95. The predicted molar refractivity (Wildman–Crippen MR) is 65.2 cm³/mol. The standard InChI is InChI=1S/C13H26O3/c1-4-7-8-9-10-12(14)11(5-2)13(15)16-6-3/h11-12,14H,4-10H2,1-3H3. The Morgan fingerprint density at radius 1 is 1.19 bits per heavy atom. The molecule has 0 aliphatic heterocycles. The number of aliphatic hydroxyl groups is 1. The molecule has 0 rings (SSSR count). The van der Waals surface area contributed by atoms with Crippen molar-refractivity contribution in [2.45, 2.75) is 65.4 Å². The van der Waals surface area contributed by atoms with Crippen LogP contribution in [0.2, 0.25) is 0 Å². The van der Waals surface area contributed by atoms with Crippen LogP contribution >= 0.6 is 0 Å². The first-order valence-electron chi connectivity index (χ1n) is 6.51. The van der Waals surface area contributed by atoms with E-state index < -0.39 is 6.10 Å². The van der Waals surface area contributed by atoms with E-state index in [2.05, 4.69) is 6.92 Å². The number of unbranched alkanes of at least 4 members (excludes halogenated alkanes) is 3. The van der Waals surface area contributed by atoms with Gasteiger partial charge in [0.2, 0.25) is 0 Å². The molecule has 0 fully saturated rings. The Morgan fingerprint density at radius 2 is 1.88 bits per heavy atom. The van der Waals surface area contributed by atoms with Crippen molar-refractivity contribution < 1.29 is 14.6 Å². The normalized spacial score (nSPS) is 14.5. The fourth-order valence-corrected chi connectivity index (χ4v) is 1.83. The number of carbonyl (C=O) groups excluding carboxylic acids is 1. The summed E-state index contributed by atoms with van der Waals surface area (Å²) < 4.78 is 4.94. The molecule has 0 aromatic carbocycles. The van der Waals surface area contributed by atoms with E-state index in [0.29, 0.717) is 19.4 Å². The van der Waals surface area contributed by atoms with Crippen LogP contribution in [0.1, 0.15) is 59.3 Å². The van der Waals surface area contributed by atoms with E-state index in [1.54, 1.807) is 6.92 Å². The van der Waals surface area contributed by atoms with Gasteiger partial charge in [-0.15, -0.1) is 0 Å². The number of carbonyl (C=O) groups is 1. The molecule has 16 heavy (non-hydrogen) atoms. The fourth-order valence-electron chi connectivity index (χ4n) is 1.83. The topological polar surface area (TPSA) is 46.5 Å². The summed E-state index contributed by atoms with van der Waals surface area (Å²) in [5, 5.41) is 9.90. The van der Waals surface area contributed by atoms with Crippen molar-refractivity contribution in [2.24, 2.45) is 5.92 Å². The van der Waals surface area contributed by atoms with Crippen LogP contribution in [0.25, 0.3) is 0 Å². The molecule has 0 bridgehead atoms. The molecule has 0 spiro atoms. The molecule has 0 saturated heterocycles. The predicted octanol–water partition coefficient (Wildman–Crippen LogP) is 2.91. The van der Waals surface area contributed by atoms with E-state index in [4.69, 9.17) is 4.74 Å². The second kappa shape index (κ2) is 9.64. The van der Waals surface area contributed by atoms with Crippen LogP contribution in [0.5, 0.6) is 0 Å². The van der Waals surface area contributed by atoms with Crippen LogP contribution in [0.3, 0.4) is 0 Å². The van der Waals surface area contributed by atoms with Crippen molar-refractivity contribution in [2.75, 3.05) is 6.61 Å². The minimum absolute atomic E-state index is 0.256. The summed E-state index contributed by atoms with van der Waals surface area (Å²) in [6.45, 7) is 6.25. The van der Waals surface area contributed by atoms with E-state index in [1.165, 1.54) is 12.8 Å². The van der Waals surface area contributed by atoms with Crippen molar-refractivity contribution in [1.82, 2.24) is 0 Å². The number of ether oxygens (including phenoxy) is 1. The summed E-state index contributed by atoms with van der Waals surface area (Å²) in [5.74, 6) is -0.602. The van der Waals surface area contributed by atoms with Crippen LogP contribution in [0, 0.1) is 5.92 Å². The second-order valence-electron chi connectivity index (χ2n) is 4.18. The molecular weight excluding hydrogens is 204 g/mol. The highest BCUT2D eigenvalue weighted by Crippen LogP contribution is 2.17. The van der Waals surface area contributed by atoms with Gasteiger partial charge >= 0.3 is 5.97 Å². The van der Waals surface area contributed by atoms with Crippen LogP contribution < -0.4 is 0 Å². The smallest absolute Gasteiger partial charge is 0.311 e. The largest absolute Gasteiger partial charge is 0.466 e. The van der Waals surface area contributed by atoms with Crippen LogP contribution in [0.15, 0.2) is 0 Å². The molecule has 0 aliphatic carbocycles. The first-order chi connectivity index (χ1) is 7.67. The van der Waals surface area contributed by atoms with Crippen molar-refractivity contribution in [3.05, 3.63) is 0 Å². The van der Waals surface area contributed by atoms with E-state index in [9.17, 15) is 9.90 Å². The first-order valence-corrected chi connectivity index (χ1v) is 6.51. The van der Waals surface area contributed by atoms with E-state index in [-0.39, 0.29) is 11.9 Å². The molecule has 1 N–H and O–H groups in total. The van der Waals surface area contributed by atoms with Crippen molar-refractivity contribution >= 4 is 5.97 Å². The number of rotatable bonds is 9. The van der Waals surface area contributed by atoms with Crippen molar-refractivity contribution in [3.63, 3.8) is 0 Å². The maximum Gasteiger partial charge on any atom is 0.311 e. The van der Waals surface area contributed by atoms with Gasteiger partial charge in [-0.3, -0.25) is 4.79 Å². The Hall–Kier alpha value is -0.570. The molecule has 0 saturated carbocycles. The van der Waals surface area contributed by atoms with Gasteiger partial charge in [-0.05, 0) is 19.8 Å². The molecule has 2 atom stereocenters. The lowest BCUT2D eigenvalue weighted by molar-refractivity contribution is -0.152. The van der Waals surface area contributed by atoms with Crippen molar-refractivity contribution in [3.8, 4) is 0 Å². The molecule has 96 valence electrons. The molecule has 0 heterocycles. The maximum absolute atomic E-state index is 11.5. The molecule has 2 unspecified atom stereocenters. The third-order valence-electron chi connectivity index (χ3n) is 2.85. The minimum atomic E-state index is -0.541. The Balaban J connectivity index is 3.90. The quantitative estimate of drug-likeness (QED) is 0.489. The van der Waals surface area contributed by atoms with Gasteiger partial charge in [0, 0.05) is 0 Å². The average molecular weight is 230 g/mol. The van der Waals surface area contributed by atoms with Crippen LogP contribution in [-0.4, -0.2) is 23.8 Å². The molecule has 0 aromatic heterocycles. The third kappa shape index (κ3) is 6.11. The van der Waals surface area contributed by atoms with Gasteiger partial charge < -0.3 is 9.84 Å². The highest BCUT2D eigenvalue weighted by Gasteiger charge is 2.25. The van der Waals surface area contributed by atoms with Gasteiger partial charge in [-0.2, -0.15) is 0 Å². The van der Waals surface area contributed by atoms with Gasteiger partial charge in [0.15, 0.2) is 0 Å². The fraction of sp³-hybridized carbons (Fsp3) is 0.923. The van der Waals surface area contributed by atoms with E-state index >= 15 is 0 Å². The van der Waals surface area contributed by atoms with E-state index in [0.717, 1.165) is 12.8 Å². The lowest BCUT2D eigenvalue weighted by Gasteiger charge is -2.19. The number of hydrogen-bond donors (Lipinski definition) is 1. The summed E-state index contributed by atoms with van der Waals surface area (Å²) in [5.41, 5.74) is 0. The summed E-state index contributed by atoms with van der Waals surface area (Å²) in [4.78, 5) is 11.5. The Bertz CT molecular complexity index is 180. The Morgan fingerprint density at radius 3 is 2.38 bits per heavy atom. The number of esters is 1. The maximum atomic E-state index is 11.5. The van der Waals surface area contributed by atoms with E-state index in [1.807, 2.05) is 6.92 Å². The molecule has 0 amide bonds. The lowest BCUT2D eigenvalue weighted by Crippen LogP contribution is -2.29.